The molecule has 0 fully saturated rings. The third kappa shape index (κ3) is 1.26. The molecule has 68 valence electrons. The van der Waals surface area contributed by atoms with E-state index in [9.17, 15) is 4.21 Å². The first kappa shape index (κ1) is 8.40. The van der Waals surface area contributed by atoms with Crippen molar-refractivity contribution < 1.29 is 8.76 Å². The molecule has 2 aromatic rings. The van der Waals surface area contributed by atoms with Gasteiger partial charge in [-0.1, -0.05) is 12.1 Å². The van der Waals surface area contributed by atoms with Crippen molar-refractivity contribution in [2.45, 2.75) is 5.03 Å². The zero-order valence-electron chi connectivity index (χ0n) is 6.97. The van der Waals surface area contributed by atoms with Gasteiger partial charge >= 0.3 is 0 Å². The Morgan fingerprint density at radius 1 is 1.46 bits per heavy atom. The van der Waals surface area contributed by atoms with Crippen LogP contribution in [-0.2, 0) is 18.1 Å². The zero-order chi connectivity index (χ0) is 9.42. The van der Waals surface area contributed by atoms with Crippen LogP contribution in [0.2, 0.25) is 0 Å². The molecule has 4 nitrogen and oxygen atoms in total. The average molecular weight is 196 g/mol. The molecule has 0 aliphatic rings. The summed E-state index contributed by atoms with van der Waals surface area (Å²) in [4.78, 5) is 0. The number of benzene rings is 1. The van der Waals surface area contributed by atoms with Crippen LogP contribution < -0.4 is 0 Å². The minimum atomic E-state index is -1.98. The van der Waals surface area contributed by atoms with Gasteiger partial charge in [0.15, 0.2) is 5.03 Å². The molecular formula is C8H8N2O2S. The molecule has 1 aromatic heterocycles. The van der Waals surface area contributed by atoms with Gasteiger partial charge in [0.25, 0.3) is 0 Å². The number of hydrogen-bond acceptors (Lipinski definition) is 2. The topological polar surface area (TPSA) is 55.1 Å². The third-order valence-corrected chi connectivity index (χ3v) is 2.67. The molecule has 0 bridgehead atoms. The second kappa shape index (κ2) is 2.93. The van der Waals surface area contributed by atoms with Crippen LogP contribution in [0.1, 0.15) is 0 Å². The molecule has 0 aliphatic heterocycles. The van der Waals surface area contributed by atoms with Crippen LogP contribution >= 0.6 is 0 Å². The molecule has 1 aromatic carbocycles. The van der Waals surface area contributed by atoms with E-state index < -0.39 is 11.1 Å². The lowest BCUT2D eigenvalue weighted by atomic mass is 10.3. The van der Waals surface area contributed by atoms with E-state index in [-0.39, 0.29) is 0 Å². The maximum absolute atomic E-state index is 10.9. The zero-order valence-corrected chi connectivity index (χ0v) is 7.78. The molecule has 1 heterocycles. The Labute approximate surface area is 77.5 Å². The van der Waals surface area contributed by atoms with Crippen molar-refractivity contribution in [3.63, 3.8) is 0 Å². The standard InChI is InChI=1S/C8H8N2O2S/c1-10-8(13(11)12)6-4-2-3-5-7(6)9-10/h2-5H,1H3,(H,11,12). The SMILES string of the molecule is Cn1nc2ccccc2c1S(=O)O. The van der Waals surface area contributed by atoms with Crippen molar-refractivity contribution in [1.82, 2.24) is 9.78 Å². The first-order valence-corrected chi connectivity index (χ1v) is 4.83. The van der Waals surface area contributed by atoms with Gasteiger partial charge in [0, 0.05) is 12.4 Å². The molecule has 1 unspecified atom stereocenters. The van der Waals surface area contributed by atoms with E-state index in [4.69, 9.17) is 4.55 Å². The Balaban J connectivity index is 2.86. The lowest BCUT2D eigenvalue weighted by Crippen LogP contribution is -1.99. The van der Waals surface area contributed by atoms with Crippen LogP contribution in [0.5, 0.6) is 0 Å². The average Bonchev–Trinajstić information content (AvgIpc) is 2.39. The first-order valence-electron chi connectivity index (χ1n) is 3.73. The molecule has 0 saturated carbocycles. The molecule has 1 atom stereocenters. The number of nitrogens with zero attached hydrogens (tertiary/aromatic N) is 2. The second-order valence-electron chi connectivity index (χ2n) is 2.70. The Morgan fingerprint density at radius 2 is 2.15 bits per heavy atom. The predicted octanol–water partition coefficient (Wildman–Crippen LogP) is 1.15. The van der Waals surface area contributed by atoms with E-state index in [1.165, 1.54) is 4.68 Å². The first-order chi connectivity index (χ1) is 6.20. The van der Waals surface area contributed by atoms with E-state index in [0.29, 0.717) is 5.03 Å². The van der Waals surface area contributed by atoms with Crippen molar-refractivity contribution in [3.8, 4) is 0 Å². The molecule has 5 heteroatoms. The number of hydrogen-bond donors (Lipinski definition) is 1. The number of fused-ring (bicyclic) bond motifs is 1. The highest BCUT2D eigenvalue weighted by Crippen LogP contribution is 2.19. The lowest BCUT2D eigenvalue weighted by Gasteiger charge is -1.94. The van der Waals surface area contributed by atoms with Crippen molar-refractivity contribution in [1.29, 1.82) is 0 Å². The number of rotatable bonds is 1. The third-order valence-electron chi connectivity index (χ3n) is 1.85. The fourth-order valence-electron chi connectivity index (χ4n) is 1.33. The van der Waals surface area contributed by atoms with E-state index in [2.05, 4.69) is 5.10 Å². The maximum atomic E-state index is 10.9. The van der Waals surface area contributed by atoms with Crippen LogP contribution in [0, 0.1) is 0 Å². The van der Waals surface area contributed by atoms with Crippen molar-refractivity contribution in [3.05, 3.63) is 24.3 Å². The molecule has 1 N–H and O–H groups in total. The van der Waals surface area contributed by atoms with Gasteiger partial charge in [0.05, 0.1) is 5.52 Å². The Morgan fingerprint density at radius 3 is 2.85 bits per heavy atom. The minimum absolute atomic E-state index is 0.343. The Kier molecular flexibility index (Phi) is 1.90. The molecular weight excluding hydrogens is 188 g/mol. The summed E-state index contributed by atoms with van der Waals surface area (Å²) in [6.45, 7) is 0. The smallest absolute Gasteiger partial charge is 0.205 e. The van der Waals surface area contributed by atoms with Crippen molar-refractivity contribution >= 4 is 22.0 Å². The highest BCUT2D eigenvalue weighted by molar-refractivity contribution is 7.79. The molecule has 2 rings (SSSR count). The minimum Gasteiger partial charge on any atom is -0.301 e. The molecule has 0 amide bonds. The molecule has 13 heavy (non-hydrogen) atoms. The summed E-state index contributed by atoms with van der Waals surface area (Å²) in [6.07, 6.45) is 0. The van der Waals surface area contributed by atoms with E-state index >= 15 is 0 Å². The van der Waals surface area contributed by atoms with Gasteiger partial charge in [-0.25, -0.2) is 4.21 Å². The fraction of sp³-hybridized carbons (Fsp3) is 0.125. The predicted molar refractivity (Wildman–Crippen MR) is 49.8 cm³/mol. The fourth-order valence-corrected chi connectivity index (χ4v) is 1.96. The molecule has 0 spiro atoms. The highest BCUT2D eigenvalue weighted by atomic mass is 32.2. The monoisotopic (exact) mass is 196 g/mol. The van der Waals surface area contributed by atoms with E-state index in [0.717, 1.165) is 10.9 Å². The van der Waals surface area contributed by atoms with Gasteiger partial charge < -0.3 is 4.55 Å². The van der Waals surface area contributed by atoms with Crippen LogP contribution in [0.4, 0.5) is 0 Å². The van der Waals surface area contributed by atoms with Gasteiger partial charge in [-0.15, -0.1) is 0 Å². The van der Waals surface area contributed by atoms with Crippen LogP contribution in [0.25, 0.3) is 10.9 Å². The summed E-state index contributed by atoms with van der Waals surface area (Å²) in [7, 11) is 1.66. The Hall–Kier alpha value is -1.20. The van der Waals surface area contributed by atoms with Gasteiger partial charge in [0.1, 0.15) is 0 Å². The van der Waals surface area contributed by atoms with Gasteiger partial charge in [-0.3, -0.25) is 4.68 Å². The van der Waals surface area contributed by atoms with Crippen LogP contribution in [0.3, 0.4) is 0 Å². The molecule has 0 aliphatic carbocycles. The van der Waals surface area contributed by atoms with Gasteiger partial charge in [-0.2, -0.15) is 5.10 Å². The largest absolute Gasteiger partial charge is 0.301 e. The molecule has 0 radical (unpaired) electrons. The summed E-state index contributed by atoms with van der Waals surface area (Å²) in [5.41, 5.74) is 0.738. The van der Waals surface area contributed by atoms with Crippen LogP contribution in [-0.4, -0.2) is 18.5 Å². The Bertz CT molecular complexity index is 478. The van der Waals surface area contributed by atoms with Gasteiger partial charge in [0.2, 0.25) is 11.1 Å². The highest BCUT2D eigenvalue weighted by Gasteiger charge is 2.12. The molecule has 0 saturated heterocycles. The second-order valence-corrected chi connectivity index (χ2v) is 3.58. The van der Waals surface area contributed by atoms with Gasteiger partial charge in [-0.05, 0) is 12.1 Å². The van der Waals surface area contributed by atoms with Crippen LogP contribution in [0.15, 0.2) is 29.3 Å². The summed E-state index contributed by atoms with van der Waals surface area (Å²) in [6, 6.07) is 7.26. The summed E-state index contributed by atoms with van der Waals surface area (Å²) < 4.78 is 21.4. The summed E-state index contributed by atoms with van der Waals surface area (Å²) in [5, 5.41) is 5.17. The van der Waals surface area contributed by atoms with E-state index in [1.54, 1.807) is 13.1 Å². The normalized spacial score (nSPS) is 13.4. The maximum Gasteiger partial charge on any atom is 0.205 e. The lowest BCUT2D eigenvalue weighted by molar-refractivity contribution is 0.549. The quantitative estimate of drug-likeness (QED) is 0.696. The number of aryl methyl sites for hydroxylation is 1. The summed E-state index contributed by atoms with van der Waals surface area (Å²) in [5.74, 6) is 0. The summed E-state index contributed by atoms with van der Waals surface area (Å²) >= 11 is -1.98. The van der Waals surface area contributed by atoms with Crippen molar-refractivity contribution in [2.75, 3.05) is 0 Å². The number of aromatic nitrogens is 2. The van der Waals surface area contributed by atoms with Crippen molar-refractivity contribution in [2.24, 2.45) is 7.05 Å². The van der Waals surface area contributed by atoms with E-state index in [1.807, 2.05) is 18.2 Å².